The molecule has 0 fully saturated rings. The molecule has 0 spiro atoms. The highest BCUT2D eigenvalue weighted by atomic mass is 32.3. The molecule has 1 aromatic rings. The summed E-state index contributed by atoms with van der Waals surface area (Å²) in [6.07, 6.45) is 1.04. The van der Waals surface area contributed by atoms with Gasteiger partial charge in [0.1, 0.15) is 4.90 Å². The number of benzene rings is 1. The van der Waals surface area contributed by atoms with Crippen molar-refractivity contribution in [1.29, 1.82) is 0 Å². The first kappa shape index (κ1) is 12.6. The average molecular weight is 246 g/mol. The van der Waals surface area contributed by atoms with Gasteiger partial charge in [-0.25, -0.2) is 4.79 Å². The van der Waals surface area contributed by atoms with Crippen molar-refractivity contribution in [3.05, 3.63) is 29.3 Å². The minimum Gasteiger partial charge on any atom is -0.478 e. The second kappa shape index (κ2) is 4.61. The molecule has 0 radical (unpaired) electrons. The summed E-state index contributed by atoms with van der Waals surface area (Å²) in [7, 11) is -4.88. The lowest BCUT2D eigenvalue weighted by Crippen LogP contribution is -2.03. The summed E-state index contributed by atoms with van der Waals surface area (Å²) in [6, 6.07) is 3.45. The highest BCUT2D eigenvalue weighted by molar-refractivity contribution is 7.86. The number of aromatic carboxylic acids is 1. The van der Waals surface area contributed by atoms with Gasteiger partial charge in [0.15, 0.2) is 0 Å². The molecule has 0 saturated carbocycles. The zero-order chi connectivity index (χ0) is 12.3. The molecular weight excluding hydrogens is 235 g/mol. The molecule has 0 unspecified atom stereocenters. The fourth-order valence-electron chi connectivity index (χ4n) is 1.39. The summed E-state index contributed by atoms with van der Waals surface area (Å²) in [6.45, 7) is 1.82. The number of halogens is 1. The lowest BCUT2D eigenvalue weighted by Gasteiger charge is -2.05. The van der Waals surface area contributed by atoms with Crippen molar-refractivity contribution in [2.24, 2.45) is 0 Å². The molecule has 0 aliphatic heterocycles. The summed E-state index contributed by atoms with van der Waals surface area (Å²) in [4.78, 5) is 10.1. The van der Waals surface area contributed by atoms with Gasteiger partial charge in [-0.05, 0) is 24.1 Å². The molecular formula is C10H11FO4S. The Bertz CT molecular complexity index is 508. The van der Waals surface area contributed by atoms with Crippen molar-refractivity contribution in [2.75, 3.05) is 0 Å². The SMILES string of the molecule is CCCc1ccc(C(=O)O)cc1S(=O)(=O)F. The zero-order valence-corrected chi connectivity index (χ0v) is 9.42. The molecule has 1 aromatic carbocycles. The number of carboxylic acids is 1. The zero-order valence-electron chi connectivity index (χ0n) is 8.60. The van der Waals surface area contributed by atoms with Gasteiger partial charge in [-0.3, -0.25) is 0 Å². The molecule has 0 atom stereocenters. The molecule has 0 aromatic heterocycles. The third-order valence-electron chi connectivity index (χ3n) is 2.10. The lowest BCUT2D eigenvalue weighted by molar-refractivity contribution is 0.0696. The molecule has 0 aliphatic carbocycles. The van der Waals surface area contributed by atoms with Crippen LogP contribution in [0.5, 0.6) is 0 Å². The van der Waals surface area contributed by atoms with Crippen LogP contribution in [0.25, 0.3) is 0 Å². The number of hydrogen-bond donors (Lipinski definition) is 1. The number of carbonyl (C=O) groups is 1. The Labute approximate surface area is 92.9 Å². The number of rotatable bonds is 4. The normalized spacial score (nSPS) is 11.4. The van der Waals surface area contributed by atoms with Crippen LogP contribution in [0, 0.1) is 0 Å². The van der Waals surface area contributed by atoms with Gasteiger partial charge in [0.2, 0.25) is 0 Å². The molecule has 0 heterocycles. The molecule has 1 N–H and O–H groups in total. The van der Waals surface area contributed by atoms with Gasteiger partial charge in [-0.2, -0.15) is 8.42 Å². The fraction of sp³-hybridized carbons (Fsp3) is 0.300. The smallest absolute Gasteiger partial charge is 0.335 e. The maximum absolute atomic E-state index is 12.9. The molecule has 88 valence electrons. The van der Waals surface area contributed by atoms with Gasteiger partial charge < -0.3 is 5.11 Å². The maximum atomic E-state index is 12.9. The summed E-state index contributed by atoms with van der Waals surface area (Å²) in [5, 5.41) is 8.68. The van der Waals surface area contributed by atoms with E-state index in [1.165, 1.54) is 12.1 Å². The molecule has 4 nitrogen and oxygen atoms in total. The van der Waals surface area contributed by atoms with Crippen LogP contribution in [0.3, 0.4) is 0 Å². The second-order valence-corrected chi connectivity index (χ2v) is 4.63. The number of aryl methyl sites for hydroxylation is 1. The van der Waals surface area contributed by atoms with E-state index in [1.54, 1.807) is 0 Å². The summed E-state index contributed by atoms with van der Waals surface area (Å²) < 4.78 is 34.6. The Morgan fingerprint density at radius 3 is 2.50 bits per heavy atom. The van der Waals surface area contributed by atoms with E-state index in [0.29, 0.717) is 18.4 Å². The van der Waals surface area contributed by atoms with Crippen LogP contribution < -0.4 is 0 Å². The molecule has 16 heavy (non-hydrogen) atoms. The van der Waals surface area contributed by atoms with Gasteiger partial charge in [-0.1, -0.05) is 19.4 Å². The standard InChI is InChI=1S/C10H11FO4S/c1-2-3-7-4-5-8(10(12)13)6-9(7)16(11,14)15/h4-6H,2-3H2,1H3,(H,12,13). The van der Waals surface area contributed by atoms with Crippen molar-refractivity contribution >= 4 is 16.2 Å². The first-order chi connectivity index (χ1) is 7.36. The first-order valence-corrected chi connectivity index (χ1v) is 6.05. The van der Waals surface area contributed by atoms with Crippen LogP contribution in [-0.4, -0.2) is 19.5 Å². The van der Waals surface area contributed by atoms with Gasteiger partial charge in [-0.15, -0.1) is 3.89 Å². The molecule has 0 bridgehead atoms. The Kier molecular flexibility index (Phi) is 3.64. The first-order valence-electron chi connectivity index (χ1n) is 4.67. The highest BCUT2D eigenvalue weighted by Crippen LogP contribution is 2.21. The third-order valence-corrected chi connectivity index (χ3v) is 3.00. The van der Waals surface area contributed by atoms with E-state index < -0.39 is 21.1 Å². The minimum absolute atomic E-state index is 0.240. The topological polar surface area (TPSA) is 71.4 Å². The van der Waals surface area contributed by atoms with Crippen LogP contribution in [-0.2, 0) is 16.6 Å². The molecule has 0 amide bonds. The number of carboxylic acid groups (broad SMARTS) is 1. The monoisotopic (exact) mass is 246 g/mol. The second-order valence-electron chi connectivity index (χ2n) is 3.32. The lowest BCUT2D eigenvalue weighted by atomic mass is 10.1. The average Bonchev–Trinajstić information content (AvgIpc) is 2.16. The van der Waals surface area contributed by atoms with Gasteiger partial charge in [0.25, 0.3) is 0 Å². The van der Waals surface area contributed by atoms with Gasteiger partial charge in [0.05, 0.1) is 5.56 Å². The van der Waals surface area contributed by atoms with E-state index in [4.69, 9.17) is 5.11 Å². The van der Waals surface area contributed by atoms with Gasteiger partial charge in [0, 0.05) is 0 Å². The van der Waals surface area contributed by atoms with Crippen molar-refractivity contribution < 1.29 is 22.2 Å². The van der Waals surface area contributed by atoms with Crippen LogP contribution in [0.4, 0.5) is 3.89 Å². The Morgan fingerprint density at radius 2 is 2.06 bits per heavy atom. The van der Waals surface area contributed by atoms with E-state index in [-0.39, 0.29) is 5.56 Å². The molecule has 1 rings (SSSR count). The van der Waals surface area contributed by atoms with Crippen LogP contribution >= 0.6 is 0 Å². The summed E-state index contributed by atoms with van der Waals surface area (Å²) >= 11 is 0. The number of hydrogen-bond acceptors (Lipinski definition) is 3. The van der Waals surface area contributed by atoms with E-state index in [0.717, 1.165) is 6.07 Å². The van der Waals surface area contributed by atoms with Crippen LogP contribution in [0.2, 0.25) is 0 Å². The van der Waals surface area contributed by atoms with E-state index >= 15 is 0 Å². The summed E-state index contributed by atoms with van der Waals surface area (Å²) in [5.41, 5.74) is 0.0612. The van der Waals surface area contributed by atoms with E-state index in [1.807, 2.05) is 6.92 Å². The predicted octanol–water partition coefficient (Wildman–Crippen LogP) is 2.00. The van der Waals surface area contributed by atoms with Crippen molar-refractivity contribution in [2.45, 2.75) is 24.7 Å². The quantitative estimate of drug-likeness (QED) is 0.825. The third kappa shape index (κ3) is 2.79. The summed E-state index contributed by atoms with van der Waals surface area (Å²) in [5.74, 6) is -1.28. The Balaban J connectivity index is 3.39. The highest BCUT2D eigenvalue weighted by Gasteiger charge is 2.19. The van der Waals surface area contributed by atoms with Gasteiger partial charge >= 0.3 is 16.2 Å². The van der Waals surface area contributed by atoms with Crippen molar-refractivity contribution in [3.63, 3.8) is 0 Å². The van der Waals surface area contributed by atoms with Crippen LogP contribution in [0.15, 0.2) is 23.1 Å². The molecule has 0 aliphatic rings. The molecule has 0 saturated heterocycles. The van der Waals surface area contributed by atoms with Crippen molar-refractivity contribution in [3.8, 4) is 0 Å². The maximum Gasteiger partial charge on any atom is 0.335 e. The largest absolute Gasteiger partial charge is 0.478 e. The van der Waals surface area contributed by atoms with E-state index in [2.05, 4.69) is 0 Å². The minimum atomic E-state index is -4.88. The van der Waals surface area contributed by atoms with E-state index in [9.17, 15) is 17.1 Å². The molecule has 6 heteroatoms. The fourth-order valence-corrected chi connectivity index (χ4v) is 2.14. The Hall–Kier alpha value is -1.43. The van der Waals surface area contributed by atoms with Crippen LogP contribution in [0.1, 0.15) is 29.3 Å². The Morgan fingerprint density at radius 1 is 1.44 bits per heavy atom. The predicted molar refractivity (Wildman–Crippen MR) is 55.7 cm³/mol. The van der Waals surface area contributed by atoms with Crippen molar-refractivity contribution in [1.82, 2.24) is 0 Å².